The molecule has 2 bridgehead atoms. The highest BCUT2D eigenvalue weighted by molar-refractivity contribution is 8.10. The molecule has 0 unspecified atom stereocenters. The van der Waals surface area contributed by atoms with Gasteiger partial charge in [0.1, 0.15) is 17.3 Å². The van der Waals surface area contributed by atoms with E-state index in [1.165, 1.54) is 25.7 Å². The Hall–Kier alpha value is -0.400. The van der Waals surface area contributed by atoms with Gasteiger partial charge in [0.15, 0.2) is 0 Å². The molecule has 3 saturated carbocycles. The van der Waals surface area contributed by atoms with Gasteiger partial charge < -0.3 is 10.5 Å². The molecular weight excluding hydrogens is 462 g/mol. The van der Waals surface area contributed by atoms with Crippen molar-refractivity contribution in [2.45, 2.75) is 109 Å². The molecule has 2 heterocycles. The fourth-order valence-electron chi connectivity index (χ4n) is 9.11. The maximum Gasteiger partial charge on any atom is 0.217 e. The van der Waals surface area contributed by atoms with Crippen molar-refractivity contribution in [1.82, 2.24) is 0 Å². The van der Waals surface area contributed by atoms with Gasteiger partial charge in [-0.2, -0.15) is 0 Å². The van der Waals surface area contributed by atoms with E-state index >= 15 is 0 Å². The fourth-order valence-corrected chi connectivity index (χ4v) is 9.40. The maximum atomic E-state index is 6.55. The van der Waals surface area contributed by atoms with Gasteiger partial charge >= 0.3 is 0 Å². The molecule has 2 spiro atoms. The minimum atomic E-state index is -0.432. The van der Waals surface area contributed by atoms with Crippen LogP contribution in [0, 0.1) is 34.5 Å². The van der Waals surface area contributed by atoms with Gasteiger partial charge in [0.2, 0.25) is 4.38 Å². The van der Waals surface area contributed by atoms with E-state index in [-0.39, 0.29) is 28.6 Å². The summed E-state index contributed by atoms with van der Waals surface area (Å²) in [6.45, 7) is 9.57. The average molecular weight is 506 g/mol. The SMILES string of the molecule is CCC[C@@H](N)/C=C/[C@@H](C)[C@H]1CC[C@@H]2[C@]1(C)CC[C@H]1[C@]23C=C[C@]2(C[C@@H](OC(=S)S)CC[C@]12C)OO3. The highest BCUT2D eigenvalue weighted by Gasteiger charge is 2.74. The van der Waals surface area contributed by atoms with Gasteiger partial charge in [0, 0.05) is 29.7 Å². The summed E-state index contributed by atoms with van der Waals surface area (Å²) in [6.07, 6.45) is 19.4. The molecule has 10 atom stereocenters. The van der Waals surface area contributed by atoms with Crippen LogP contribution in [0.1, 0.15) is 85.5 Å². The maximum absolute atomic E-state index is 6.55. The van der Waals surface area contributed by atoms with Crippen LogP contribution in [0.2, 0.25) is 0 Å². The van der Waals surface area contributed by atoms with Crippen molar-refractivity contribution in [3.05, 3.63) is 24.3 Å². The predicted octanol–water partition coefficient (Wildman–Crippen LogP) is 6.55. The molecule has 6 aliphatic rings. The third-order valence-electron chi connectivity index (χ3n) is 10.9. The molecule has 2 N–H and O–H groups in total. The molecule has 0 aromatic heterocycles. The highest BCUT2D eigenvalue weighted by atomic mass is 32.1. The monoisotopic (exact) mass is 505 g/mol. The molecule has 4 fully saturated rings. The van der Waals surface area contributed by atoms with E-state index in [0.717, 1.165) is 32.1 Å². The van der Waals surface area contributed by atoms with Crippen molar-refractivity contribution < 1.29 is 14.5 Å². The molecular formula is C28H43NO3S2. The van der Waals surface area contributed by atoms with Crippen LogP contribution in [-0.4, -0.2) is 27.7 Å². The quantitative estimate of drug-likeness (QED) is 0.186. The van der Waals surface area contributed by atoms with Crippen molar-refractivity contribution in [1.29, 1.82) is 0 Å². The van der Waals surface area contributed by atoms with Gasteiger partial charge in [-0.1, -0.05) is 65.0 Å². The van der Waals surface area contributed by atoms with Gasteiger partial charge in [-0.3, -0.25) is 0 Å². The number of thiol groups is 1. The lowest BCUT2D eigenvalue weighted by molar-refractivity contribution is -0.497. The molecule has 34 heavy (non-hydrogen) atoms. The zero-order chi connectivity index (χ0) is 24.4. The van der Waals surface area contributed by atoms with E-state index in [1.807, 2.05) is 0 Å². The second-order valence-corrected chi connectivity index (χ2v) is 13.5. The van der Waals surface area contributed by atoms with Crippen LogP contribution in [0.5, 0.6) is 0 Å². The molecule has 4 aliphatic carbocycles. The molecule has 4 nitrogen and oxygen atoms in total. The Balaban J connectivity index is 1.41. The van der Waals surface area contributed by atoms with Crippen molar-refractivity contribution in [3.8, 4) is 0 Å². The first-order valence-electron chi connectivity index (χ1n) is 13.5. The topological polar surface area (TPSA) is 53.7 Å². The summed E-state index contributed by atoms with van der Waals surface area (Å²) in [6, 6.07) is 0.173. The van der Waals surface area contributed by atoms with Crippen LogP contribution in [0.15, 0.2) is 24.3 Å². The summed E-state index contributed by atoms with van der Waals surface area (Å²) in [4.78, 5) is 13.0. The first-order valence-corrected chi connectivity index (χ1v) is 14.4. The van der Waals surface area contributed by atoms with E-state index in [9.17, 15) is 0 Å². The van der Waals surface area contributed by atoms with Crippen molar-refractivity contribution in [2.75, 3.05) is 0 Å². The van der Waals surface area contributed by atoms with Crippen molar-refractivity contribution >= 4 is 29.2 Å². The van der Waals surface area contributed by atoms with Gasteiger partial charge in [0.05, 0.1) is 0 Å². The molecule has 2 aliphatic heterocycles. The first kappa shape index (κ1) is 25.3. The van der Waals surface area contributed by atoms with Gasteiger partial charge in [-0.15, -0.1) is 0 Å². The zero-order valence-corrected chi connectivity index (χ0v) is 23.0. The van der Waals surface area contributed by atoms with E-state index in [1.54, 1.807) is 0 Å². The van der Waals surface area contributed by atoms with E-state index in [2.05, 4.69) is 64.6 Å². The Kier molecular flexibility index (Phi) is 6.59. The average Bonchev–Trinajstić information content (AvgIpc) is 3.15. The lowest BCUT2D eigenvalue weighted by Crippen LogP contribution is -2.73. The lowest BCUT2D eigenvalue weighted by atomic mass is 9.42. The minimum Gasteiger partial charge on any atom is -0.475 e. The molecule has 6 heteroatoms. The zero-order valence-electron chi connectivity index (χ0n) is 21.3. The number of allylic oxidation sites excluding steroid dienone is 1. The largest absolute Gasteiger partial charge is 0.475 e. The van der Waals surface area contributed by atoms with Crippen LogP contribution in [0.4, 0.5) is 0 Å². The third kappa shape index (κ3) is 3.60. The number of rotatable bonds is 6. The minimum absolute atomic E-state index is 0.0355. The van der Waals surface area contributed by atoms with Crippen LogP contribution in [0.3, 0.4) is 0 Å². The lowest BCUT2D eigenvalue weighted by Gasteiger charge is -2.69. The van der Waals surface area contributed by atoms with Crippen molar-refractivity contribution in [3.63, 3.8) is 0 Å². The van der Waals surface area contributed by atoms with Crippen LogP contribution >= 0.6 is 24.8 Å². The van der Waals surface area contributed by atoms with E-state index in [4.69, 9.17) is 32.5 Å². The Morgan fingerprint density at radius 3 is 2.62 bits per heavy atom. The first-order chi connectivity index (χ1) is 16.1. The second-order valence-electron chi connectivity index (χ2n) is 12.4. The smallest absolute Gasteiger partial charge is 0.217 e. The van der Waals surface area contributed by atoms with E-state index < -0.39 is 5.60 Å². The Morgan fingerprint density at radius 1 is 1.15 bits per heavy atom. The number of ether oxygens (including phenoxy) is 1. The molecule has 0 aromatic rings. The number of hydrogen-bond donors (Lipinski definition) is 2. The summed E-state index contributed by atoms with van der Waals surface area (Å²) < 4.78 is 6.17. The molecule has 0 amide bonds. The van der Waals surface area contributed by atoms with Crippen molar-refractivity contribution in [2.24, 2.45) is 40.2 Å². The standard InChI is InChI=1S/C28H43NO3S2/c1-5-6-19(29)8-7-18(2)21-9-10-22-25(21,3)13-12-23-26(4)14-11-20(30-24(33)34)17-27(26)15-16-28(22,23)32-31-27/h7-8,15-16,18-23H,5-6,9-14,17,29H2,1-4H3,(H,33,34)/b8-7+/t18-,19-,20+,21-,22-,23-,25-,26-,27-,28+/m1/s1. The summed E-state index contributed by atoms with van der Waals surface area (Å²) in [7, 11) is 0. The molecule has 190 valence electrons. The number of hydrogen-bond acceptors (Lipinski definition) is 5. The summed E-state index contributed by atoms with van der Waals surface area (Å²) >= 11 is 9.31. The van der Waals surface area contributed by atoms with Crippen LogP contribution in [0.25, 0.3) is 0 Å². The number of thiocarbonyl (C=S) groups is 1. The molecule has 6 rings (SSSR count). The molecule has 0 aromatic carbocycles. The Labute approximate surface area is 216 Å². The number of fused-ring (bicyclic) bond motifs is 2. The molecule has 1 saturated heterocycles. The highest BCUT2D eigenvalue weighted by Crippen LogP contribution is 2.72. The third-order valence-corrected chi connectivity index (χ3v) is 11.1. The van der Waals surface area contributed by atoms with Gasteiger partial charge in [0.25, 0.3) is 0 Å². The van der Waals surface area contributed by atoms with Crippen LogP contribution < -0.4 is 5.73 Å². The fraction of sp³-hybridized carbons (Fsp3) is 0.821. The second kappa shape index (κ2) is 8.86. The summed E-state index contributed by atoms with van der Waals surface area (Å²) in [5.41, 5.74) is 5.84. The normalized spacial score (nSPS) is 48.8. The van der Waals surface area contributed by atoms with Gasteiger partial charge in [-0.05, 0) is 80.5 Å². The Bertz CT molecular complexity index is 878. The Morgan fingerprint density at radius 2 is 1.94 bits per heavy atom. The number of nitrogens with two attached hydrogens (primary N) is 1. The van der Waals surface area contributed by atoms with E-state index in [0.29, 0.717) is 28.1 Å². The molecule has 0 radical (unpaired) electrons. The summed E-state index contributed by atoms with van der Waals surface area (Å²) in [5, 5.41) is 0. The van der Waals surface area contributed by atoms with Gasteiger partial charge in [-0.25, -0.2) is 9.78 Å². The summed E-state index contributed by atoms with van der Waals surface area (Å²) in [5.74, 6) is 2.13. The predicted molar refractivity (Wildman–Crippen MR) is 143 cm³/mol. The van der Waals surface area contributed by atoms with Crippen LogP contribution in [-0.2, 0) is 14.5 Å².